The summed E-state index contributed by atoms with van der Waals surface area (Å²) in [4.78, 5) is 12.5. The first-order valence-corrected chi connectivity index (χ1v) is 5.94. The molecule has 0 aliphatic rings. The molecule has 0 fully saturated rings. The largest absolute Gasteiger partial charge is 0.480 e. The van der Waals surface area contributed by atoms with Crippen LogP contribution in [0.3, 0.4) is 0 Å². The summed E-state index contributed by atoms with van der Waals surface area (Å²) in [7, 11) is 2.66. The van der Waals surface area contributed by atoms with Crippen molar-refractivity contribution in [1.82, 2.24) is 10.2 Å². The predicted molar refractivity (Wildman–Crippen MR) is 68.4 cm³/mol. The zero-order chi connectivity index (χ0) is 15.4. The second kappa shape index (κ2) is 6.23. The van der Waals surface area contributed by atoms with Crippen LogP contribution in [-0.4, -0.2) is 49.3 Å². The molecule has 20 heavy (non-hydrogen) atoms. The van der Waals surface area contributed by atoms with E-state index < -0.39 is 24.2 Å². The first-order chi connectivity index (χ1) is 9.21. The number of carboxylic acid groups (broad SMARTS) is 1. The van der Waals surface area contributed by atoms with Crippen molar-refractivity contribution in [3.05, 3.63) is 35.9 Å². The Hall–Kier alpha value is -1.60. The number of carbonyl (C=O) groups is 1. The number of benzene rings is 1. The van der Waals surface area contributed by atoms with Gasteiger partial charge in [0.2, 0.25) is 0 Å². The van der Waals surface area contributed by atoms with Gasteiger partial charge in [-0.1, -0.05) is 30.3 Å². The highest BCUT2D eigenvalue weighted by Crippen LogP contribution is 2.24. The third-order valence-electron chi connectivity index (χ3n) is 3.01. The smallest absolute Gasteiger partial charge is 0.401 e. The molecule has 0 bridgehead atoms. The Labute approximate surface area is 115 Å². The van der Waals surface area contributed by atoms with Gasteiger partial charge in [0.25, 0.3) is 0 Å². The van der Waals surface area contributed by atoms with E-state index in [1.807, 2.05) is 0 Å². The normalized spacial score (nSPS) is 15.1. The van der Waals surface area contributed by atoms with Crippen LogP contribution in [0, 0.1) is 0 Å². The van der Waals surface area contributed by atoms with Crippen LogP contribution >= 0.6 is 0 Å². The van der Waals surface area contributed by atoms with Gasteiger partial charge in [0.15, 0.2) is 5.54 Å². The summed E-state index contributed by atoms with van der Waals surface area (Å²) < 4.78 is 37.1. The quantitative estimate of drug-likeness (QED) is 0.837. The topological polar surface area (TPSA) is 52.6 Å². The molecular formula is C13H17F3N2O2. The van der Waals surface area contributed by atoms with Gasteiger partial charge in [-0.3, -0.25) is 4.90 Å². The molecule has 7 heteroatoms. The molecule has 0 saturated heterocycles. The maximum Gasteiger partial charge on any atom is 0.401 e. The van der Waals surface area contributed by atoms with Gasteiger partial charge in [0, 0.05) is 6.54 Å². The average Bonchev–Trinajstić information content (AvgIpc) is 2.34. The number of nitrogens with one attached hydrogen (secondary N) is 1. The molecule has 112 valence electrons. The Morgan fingerprint density at radius 2 is 1.80 bits per heavy atom. The zero-order valence-corrected chi connectivity index (χ0v) is 11.2. The highest BCUT2D eigenvalue weighted by atomic mass is 19.4. The fourth-order valence-corrected chi connectivity index (χ4v) is 2.10. The van der Waals surface area contributed by atoms with E-state index in [-0.39, 0.29) is 6.54 Å². The van der Waals surface area contributed by atoms with E-state index in [1.54, 1.807) is 30.3 Å². The highest BCUT2D eigenvalue weighted by Gasteiger charge is 2.41. The molecule has 0 aromatic heterocycles. The maximum atomic E-state index is 12.4. The molecule has 0 spiro atoms. The number of alkyl halides is 3. The van der Waals surface area contributed by atoms with Crippen LogP contribution in [0.4, 0.5) is 13.2 Å². The summed E-state index contributed by atoms with van der Waals surface area (Å²) in [6, 6.07) is 8.16. The Morgan fingerprint density at radius 3 is 2.20 bits per heavy atom. The number of aliphatic carboxylic acids is 1. The van der Waals surface area contributed by atoms with Crippen molar-refractivity contribution >= 4 is 5.97 Å². The van der Waals surface area contributed by atoms with Crippen LogP contribution in [0.15, 0.2) is 30.3 Å². The summed E-state index contributed by atoms with van der Waals surface area (Å²) in [5.74, 6) is -1.22. The molecule has 1 rings (SSSR count). The Bertz CT molecular complexity index is 451. The van der Waals surface area contributed by atoms with E-state index in [2.05, 4.69) is 5.32 Å². The fraction of sp³-hybridized carbons (Fsp3) is 0.462. The second-order valence-electron chi connectivity index (χ2n) is 4.61. The lowest BCUT2D eigenvalue weighted by atomic mass is 9.89. The highest BCUT2D eigenvalue weighted by molar-refractivity contribution is 5.81. The molecule has 0 amide bonds. The third kappa shape index (κ3) is 3.94. The Kier molecular flexibility index (Phi) is 5.13. The summed E-state index contributed by atoms with van der Waals surface area (Å²) in [6.07, 6.45) is -4.37. The number of halogens is 3. The number of nitrogens with zero attached hydrogens (tertiary/aromatic N) is 1. The van der Waals surface area contributed by atoms with Crippen LogP contribution in [0.25, 0.3) is 0 Å². The van der Waals surface area contributed by atoms with Crippen LogP contribution < -0.4 is 5.32 Å². The standard InChI is InChI=1S/C13H17F3N2O2/c1-17-12(11(19)20,10-6-4-3-5-7-10)8-18(2)9-13(14,15)16/h3-7,17H,8-9H2,1-2H3,(H,19,20). The lowest BCUT2D eigenvalue weighted by Crippen LogP contribution is -2.55. The van der Waals surface area contributed by atoms with Crippen molar-refractivity contribution in [3.8, 4) is 0 Å². The van der Waals surface area contributed by atoms with Gasteiger partial charge in [-0.2, -0.15) is 13.2 Å². The number of carboxylic acids is 1. The summed E-state index contributed by atoms with van der Waals surface area (Å²) in [6.45, 7) is -1.47. The summed E-state index contributed by atoms with van der Waals surface area (Å²) in [5, 5.41) is 12.1. The van der Waals surface area contributed by atoms with E-state index in [1.165, 1.54) is 14.1 Å². The van der Waals surface area contributed by atoms with E-state index >= 15 is 0 Å². The van der Waals surface area contributed by atoms with Gasteiger partial charge in [0.1, 0.15) is 0 Å². The van der Waals surface area contributed by atoms with Crippen LogP contribution in [-0.2, 0) is 10.3 Å². The molecule has 0 aliphatic heterocycles. The maximum absolute atomic E-state index is 12.4. The molecule has 2 N–H and O–H groups in total. The molecular weight excluding hydrogens is 273 g/mol. The Balaban J connectivity index is 3.05. The predicted octanol–water partition coefficient (Wildman–Crippen LogP) is 1.68. The number of hydrogen-bond acceptors (Lipinski definition) is 3. The molecule has 1 unspecified atom stereocenters. The van der Waals surface area contributed by atoms with Gasteiger partial charge in [-0.25, -0.2) is 4.79 Å². The van der Waals surface area contributed by atoms with Crippen molar-refractivity contribution in [1.29, 1.82) is 0 Å². The van der Waals surface area contributed by atoms with Crippen LogP contribution in [0.1, 0.15) is 5.56 Å². The monoisotopic (exact) mass is 290 g/mol. The minimum Gasteiger partial charge on any atom is -0.480 e. The first kappa shape index (κ1) is 16.5. The number of hydrogen-bond donors (Lipinski definition) is 2. The number of likely N-dealkylation sites (N-methyl/N-ethyl adjacent to an activating group) is 2. The minimum absolute atomic E-state index is 0.303. The Morgan fingerprint density at radius 1 is 1.25 bits per heavy atom. The zero-order valence-electron chi connectivity index (χ0n) is 11.2. The fourth-order valence-electron chi connectivity index (χ4n) is 2.10. The molecule has 0 heterocycles. The second-order valence-corrected chi connectivity index (χ2v) is 4.61. The van der Waals surface area contributed by atoms with Gasteiger partial charge < -0.3 is 10.4 Å². The minimum atomic E-state index is -4.37. The molecule has 4 nitrogen and oxygen atoms in total. The van der Waals surface area contributed by atoms with Gasteiger partial charge >= 0.3 is 12.1 Å². The molecule has 1 aromatic rings. The van der Waals surface area contributed by atoms with Crippen molar-refractivity contribution in [2.75, 3.05) is 27.2 Å². The van der Waals surface area contributed by atoms with Crippen molar-refractivity contribution in [2.45, 2.75) is 11.7 Å². The van der Waals surface area contributed by atoms with Gasteiger partial charge in [-0.05, 0) is 19.7 Å². The van der Waals surface area contributed by atoms with Crippen molar-refractivity contribution in [3.63, 3.8) is 0 Å². The summed E-state index contributed by atoms with van der Waals surface area (Å²) >= 11 is 0. The summed E-state index contributed by atoms with van der Waals surface area (Å²) in [5.41, 5.74) is -1.18. The van der Waals surface area contributed by atoms with E-state index in [0.29, 0.717) is 5.56 Å². The van der Waals surface area contributed by atoms with E-state index in [4.69, 9.17) is 0 Å². The van der Waals surface area contributed by atoms with Gasteiger partial charge in [-0.15, -0.1) is 0 Å². The van der Waals surface area contributed by atoms with E-state index in [0.717, 1.165) is 4.90 Å². The van der Waals surface area contributed by atoms with Crippen molar-refractivity contribution in [2.24, 2.45) is 0 Å². The van der Waals surface area contributed by atoms with Crippen LogP contribution in [0.2, 0.25) is 0 Å². The molecule has 1 atom stereocenters. The van der Waals surface area contributed by atoms with E-state index in [9.17, 15) is 23.1 Å². The molecule has 0 aliphatic carbocycles. The lowest BCUT2D eigenvalue weighted by Gasteiger charge is -2.34. The average molecular weight is 290 g/mol. The SMILES string of the molecule is CNC(CN(C)CC(F)(F)F)(C(=O)O)c1ccccc1. The van der Waals surface area contributed by atoms with Gasteiger partial charge in [0.05, 0.1) is 6.54 Å². The van der Waals surface area contributed by atoms with Crippen LogP contribution in [0.5, 0.6) is 0 Å². The van der Waals surface area contributed by atoms with Crippen molar-refractivity contribution < 1.29 is 23.1 Å². The molecule has 0 radical (unpaired) electrons. The number of rotatable bonds is 6. The third-order valence-corrected chi connectivity index (χ3v) is 3.01. The molecule has 1 aromatic carbocycles. The molecule has 0 saturated carbocycles. The lowest BCUT2D eigenvalue weighted by molar-refractivity contribution is -0.154. The first-order valence-electron chi connectivity index (χ1n) is 5.94.